The van der Waals surface area contributed by atoms with Crippen molar-refractivity contribution in [2.45, 2.75) is 6.92 Å². The predicted octanol–water partition coefficient (Wildman–Crippen LogP) is 2.05. The molecule has 0 bridgehead atoms. The van der Waals surface area contributed by atoms with Gasteiger partial charge in [0, 0.05) is 6.54 Å². The number of aryl methyl sites for hydroxylation is 1. The van der Waals surface area contributed by atoms with Gasteiger partial charge < -0.3 is 5.32 Å². The zero-order chi connectivity index (χ0) is 10.6. The SMILES string of the molecule is C=CCNC(=O)c1cccc(C)c1F. The van der Waals surface area contributed by atoms with Crippen molar-refractivity contribution < 1.29 is 9.18 Å². The van der Waals surface area contributed by atoms with E-state index in [1.54, 1.807) is 25.1 Å². The van der Waals surface area contributed by atoms with Crippen molar-refractivity contribution in [3.8, 4) is 0 Å². The Bertz CT molecular complexity index is 360. The molecule has 0 radical (unpaired) electrons. The van der Waals surface area contributed by atoms with E-state index >= 15 is 0 Å². The van der Waals surface area contributed by atoms with Crippen LogP contribution in [-0.4, -0.2) is 12.5 Å². The fraction of sp³-hybridized carbons (Fsp3) is 0.182. The topological polar surface area (TPSA) is 29.1 Å². The van der Waals surface area contributed by atoms with Crippen LogP contribution < -0.4 is 5.32 Å². The minimum absolute atomic E-state index is 0.0758. The Kier molecular flexibility index (Phi) is 3.40. The summed E-state index contributed by atoms with van der Waals surface area (Å²) >= 11 is 0. The highest BCUT2D eigenvalue weighted by Crippen LogP contribution is 2.11. The summed E-state index contributed by atoms with van der Waals surface area (Å²) in [5.74, 6) is -0.875. The van der Waals surface area contributed by atoms with Crippen LogP contribution in [0.3, 0.4) is 0 Å². The minimum atomic E-state index is -0.464. The second-order valence-corrected chi connectivity index (χ2v) is 2.94. The first-order valence-corrected chi connectivity index (χ1v) is 4.31. The Hall–Kier alpha value is -1.64. The van der Waals surface area contributed by atoms with Gasteiger partial charge in [0.25, 0.3) is 5.91 Å². The van der Waals surface area contributed by atoms with Crippen molar-refractivity contribution >= 4 is 5.91 Å². The molecular weight excluding hydrogens is 181 g/mol. The quantitative estimate of drug-likeness (QED) is 0.731. The largest absolute Gasteiger partial charge is 0.348 e. The summed E-state index contributed by atoms with van der Waals surface area (Å²) in [5.41, 5.74) is 0.545. The molecule has 0 unspecified atom stereocenters. The highest BCUT2D eigenvalue weighted by Gasteiger charge is 2.11. The Balaban J connectivity index is 2.89. The molecule has 0 heterocycles. The predicted molar refractivity (Wildman–Crippen MR) is 53.7 cm³/mol. The van der Waals surface area contributed by atoms with Gasteiger partial charge in [-0.05, 0) is 18.6 Å². The van der Waals surface area contributed by atoms with Gasteiger partial charge in [-0.15, -0.1) is 6.58 Å². The van der Waals surface area contributed by atoms with Crippen molar-refractivity contribution in [1.29, 1.82) is 0 Å². The molecule has 14 heavy (non-hydrogen) atoms. The highest BCUT2D eigenvalue weighted by molar-refractivity contribution is 5.94. The first-order valence-electron chi connectivity index (χ1n) is 4.31. The Morgan fingerprint density at radius 3 is 3.00 bits per heavy atom. The highest BCUT2D eigenvalue weighted by atomic mass is 19.1. The third kappa shape index (κ3) is 2.19. The van der Waals surface area contributed by atoms with Gasteiger partial charge in [0.1, 0.15) is 5.82 Å². The van der Waals surface area contributed by atoms with Crippen molar-refractivity contribution in [2.75, 3.05) is 6.54 Å². The number of carbonyl (C=O) groups excluding carboxylic acids is 1. The molecule has 1 aromatic carbocycles. The third-order valence-corrected chi connectivity index (χ3v) is 1.84. The van der Waals surface area contributed by atoms with E-state index in [0.717, 1.165) is 0 Å². The fourth-order valence-electron chi connectivity index (χ4n) is 1.08. The van der Waals surface area contributed by atoms with E-state index in [-0.39, 0.29) is 5.56 Å². The van der Waals surface area contributed by atoms with Crippen LogP contribution in [0.4, 0.5) is 4.39 Å². The Labute approximate surface area is 82.4 Å². The van der Waals surface area contributed by atoms with Crippen LogP contribution in [0.2, 0.25) is 0 Å². The second-order valence-electron chi connectivity index (χ2n) is 2.94. The molecule has 74 valence electrons. The van der Waals surface area contributed by atoms with E-state index in [2.05, 4.69) is 11.9 Å². The van der Waals surface area contributed by atoms with E-state index in [1.807, 2.05) is 0 Å². The van der Waals surface area contributed by atoms with Crippen molar-refractivity contribution in [1.82, 2.24) is 5.32 Å². The molecule has 1 rings (SSSR count). The molecule has 0 aromatic heterocycles. The lowest BCUT2D eigenvalue weighted by molar-refractivity contribution is 0.0954. The zero-order valence-electron chi connectivity index (χ0n) is 8.01. The van der Waals surface area contributed by atoms with E-state index in [4.69, 9.17) is 0 Å². The standard InChI is InChI=1S/C11H12FNO/c1-3-7-13-11(14)9-6-4-5-8(2)10(9)12/h3-6H,1,7H2,2H3,(H,13,14). The first-order chi connectivity index (χ1) is 6.66. The van der Waals surface area contributed by atoms with E-state index in [9.17, 15) is 9.18 Å². The van der Waals surface area contributed by atoms with Gasteiger partial charge in [-0.25, -0.2) is 4.39 Å². The number of hydrogen-bond acceptors (Lipinski definition) is 1. The molecule has 1 aromatic rings. The lowest BCUT2D eigenvalue weighted by atomic mass is 10.1. The number of benzene rings is 1. The van der Waals surface area contributed by atoms with Gasteiger partial charge in [0.2, 0.25) is 0 Å². The molecule has 1 N–H and O–H groups in total. The number of amides is 1. The summed E-state index contributed by atoms with van der Waals surface area (Å²) in [6.45, 7) is 5.42. The van der Waals surface area contributed by atoms with Crippen LogP contribution in [0.15, 0.2) is 30.9 Å². The lowest BCUT2D eigenvalue weighted by Crippen LogP contribution is -2.24. The molecule has 0 aliphatic heterocycles. The number of rotatable bonds is 3. The monoisotopic (exact) mass is 193 g/mol. The van der Waals surface area contributed by atoms with Gasteiger partial charge in [0.15, 0.2) is 0 Å². The van der Waals surface area contributed by atoms with Gasteiger partial charge in [0.05, 0.1) is 5.56 Å². The molecule has 0 aliphatic carbocycles. The molecule has 0 atom stereocenters. The normalized spacial score (nSPS) is 9.57. The van der Waals surface area contributed by atoms with Crippen molar-refractivity contribution in [2.24, 2.45) is 0 Å². The molecule has 0 fully saturated rings. The summed E-state index contributed by atoms with van der Waals surface area (Å²) < 4.78 is 13.4. The summed E-state index contributed by atoms with van der Waals surface area (Å²) in [4.78, 5) is 11.4. The van der Waals surface area contributed by atoms with Crippen LogP contribution in [0.25, 0.3) is 0 Å². The van der Waals surface area contributed by atoms with Gasteiger partial charge in [-0.3, -0.25) is 4.79 Å². The van der Waals surface area contributed by atoms with Crippen molar-refractivity contribution in [3.05, 3.63) is 47.8 Å². The minimum Gasteiger partial charge on any atom is -0.348 e. The third-order valence-electron chi connectivity index (χ3n) is 1.84. The molecule has 3 heteroatoms. The maximum Gasteiger partial charge on any atom is 0.254 e. The first kappa shape index (κ1) is 10.4. The van der Waals surface area contributed by atoms with E-state index in [1.165, 1.54) is 6.07 Å². The average molecular weight is 193 g/mol. The average Bonchev–Trinajstić information content (AvgIpc) is 2.18. The van der Waals surface area contributed by atoms with Crippen LogP contribution in [0, 0.1) is 12.7 Å². The van der Waals surface area contributed by atoms with E-state index < -0.39 is 11.7 Å². The summed E-state index contributed by atoms with van der Waals surface area (Å²) in [6, 6.07) is 4.74. The number of halogens is 1. The van der Waals surface area contributed by atoms with Gasteiger partial charge in [-0.2, -0.15) is 0 Å². The van der Waals surface area contributed by atoms with Crippen LogP contribution in [0.5, 0.6) is 0 Å². The number of carbonyl (C=O) groups is 1. The fourth-order valence-corrected chi connectivity index (χ4v) is 1.08. The van der Waals surface area contributed by atoms with Gasteiger partial charge in [-0.1, -0.05) is 18.2 Å². The van der Waals surface area contributed by atoms with Crippen molar-refractivity contribution in [3.63, 3.8) is 0 Å². The summed E-state index contributed by atoms with van der Waals surface area (Å²) in [5, 5.41) is 2.52. The molecule has 2 nitrogen and oxygen atoms in total. The Morgan fingerprint density at radius 1 is 1.64 bits per heavy atom. The Morgan fingerprint density at radius 2 is 2.36 bits per heavy atom. The second kappa shape index (κ2) is 4.56. The maximum atomic E-state index is 13.4. The number of hydrogen-bond donors (Lipinski definition) is 1. The number of nitrogens with one attached hydrogen (secondary N) is 1. The molecule has 0 aliphatic rings. The lowest BCUT2D eigenvalue weighted by Gasteiger charge is -2.04. The van der Waals surface area contributed by atoms with Crippen LogP contribution >= 0.6 is 0 Å². The van der Waals surface area contributed by atoms with Gasteiger partial charge >= 0.3 is 0 Å². The summed E-state index contributed by atoms with van der Waals surface area (Å²) in [6.07, 6.45) is 1.55. The molecule has 1 amide bonds. The zero-order valence-corrected chi connectivity index (χ0v) is 8.01. The van der Waals surface area contributed by atoms with Crippen LogP contribution in [-0.2, 0) is 0 Å². The molecule has 0 saturated carbocycles. The smallest absolute Gasteiger partial charge is 0.254 e. The summed E-state index contributed by atoms with van der Waals surface area (Å²) in [7, 11) is 0. The van der Waals surface area contributed by atoms with Crippen LogP contribution in [0.1, 0.15) is 15.9 Å². The molecule has 0 saturated heterocycles. The maximum absolute atomic E-state index is 13.4. The molecular formula is C11H12FNO. The van der Waals surface area contributed by atoms with E-state index in [0.29, 0.717) is 12.1 Å². The molecule has 0 spiro atoms.